The van der Waals surface area contributed by atoms with Crippen LogP contribution in [0, 0.1) is 0 Å². The maximum atomic E-state index is 12.1. The van der Waals surface area contributed by atoms with Crippen molar-refractivity contribution in [1.29, 1.82) is 0 Å². The first-order chi connectivity index (χ1) is 13.3. The second kappa shape index (κ2) is 9.84. The van der Waals surface area contributed by atoms with Crippen LogP contribution in [0.3, 0.4) is 0 Å². The summed E-state index contributed by atoms with van der Waals surface area (Å²) in [6, 6.07) is 9.27. The molecule has 0 N–H and O–H groups in total. The topological polar surface area (TPSA) is 114 Å². The molecular formula is C19H22O9. The molecule has 0 saturated carbocycles. The normalized spacial score (nSPS) is 22.1. The van der Waals surface area contributed by atoms with Gasteiger partial charge in [0.2, 0.25) is 6.10 Å². The predicted octanol–water partition coefficient (Wildman–Crippen LogP) is 0.924. The van der Waals surface area contributed by atoms with Crippen molar-refractivity contribution in [3.8, 4) is 0 Å². The number of benzene rings is 1. The molecule has 1 heterocycles. The third-order valence-electron chi connectivity index (χ3n) is 3.78. The number of carbonyl (C=O) groups is 4. The van der Waals surface area contributed by atoms with E-state index in [4.69, 9.17) is 23.7 Å². The summed E-state index contributed by atoms with van der Waals surface area (Å²) in [6.45, 7) is 3.53. The van der Waals surface area contributed by atoms with Crippen LogP contribution in [-0.2, 0) is 49.5 Å². The number of rotatable bonds is 8. The Kier molecular flexibility index (Phi) is 7.51. The van der Waals surface area contributed by atoms with E-state index in [-0.39, 0.29) is 13.2 Å². The zero-order chi connectivity index (χ0) is 20.7. The molecule has 0 bridgehead atoms. The monoisotopic (exact) mass is 394 g/mol. The molecule has 1 aliphatic heterocycles. The van der Waals surface area contributed by atoms with Crippen LogP contribution in [0.4, 0.5) is 0 Å². The lowest BCUT2D eigenvalue weighted by atomic mass is 10.1. The van der Waals surface area contributed by atoms with E-state index < -0.39 is 48.3 Å². The lowest BCUT2D eigenvalue weighted by Crippen LogP contribution is -2.46. The highest BCUT2D eigenvalue weighted by atomic mass is 16.7. The van der Waals surface area contributed by atoms with Crippen molar-refractivity contribution in [2.45, 2.75) is 51.8 Å². The first-order valence-electron chi connectivity index (χ1n) is 8.61. The maximum Gasteiger partial charge on any atom is 0.352 e. The van der Waals surface area contributed by atoms with E-state index in [9.17, 15) is 19.2 Å². The minimum atomic E-state index is -1.45. The SMILES string of the molecule is CC(=O)O[C@@H]1[C@@H]([C@H](COCc2ccccc2)OC(C)=O)OC(=O)[C@H]1OC(C)=O. The fourth-order valence-corrected chi connectivity index (χ4v) is 2.75. The fourth-order valence-electron chi connectivity index (χ4n) is 2.75. The number of hydrogen-bond donors (Lipinski definition) is 0. The summed E-state index contributed by atoms with van der Waals surface area (Å²) in [5.41, 5.74) is 0.891. The molecule has 4 atom stereocenters. The fraction of sp³-hybridized carbons (Fsp3) is 0.474. The summed E-state index contributed by atoms with van der Waals surface area (Å²) < 4.78 is 26.0. The maximum absolute atomic E-state index is 12.1. The Morgan fingerprint density at radius 2 is 1.64 bits per heavy atom. The zero-order valence-electron chi connectivity index (χ0n) is 15.8. The van der Waals surface area contributed by atoms with Gasteiger partial charge in [-0.2, -0.15) is 0 Å². The smallest absolute Gasteiger partial charge is 0.352 e. The molecule has 0 spiro atoms. The van der Waals surface area contributed by atoms with Gasteiger partial charge in [-0.3, -0.25) is 14.4 Å². The summed E-state index contributed by atoms with van der Waals surface area (Å²) in [5, 5.41) is 0. The molecule has 1 aromatic rings. The van der Waals surface area contributed by atoms with Crippen molar-refractivity contribution < 1.29 is 42.9 Å². The van der Waals surface area contributed by atoms with Crippen molar-refractivity contribution in [1.82, 2.24) is 0 Å². The van der Waals surface area contributed by atoms with Gasteiger partial charge in [-0.25, -0.2) is 4.79 Å². The Balaban J connectivity index is 2.14. The highest BCUT2D eigenvalue weighted by molar-refractivity contribution is 5.82. The van der Waals surface area contributed by atoms with E-state index in [0.717, 1.165) is 19.4 Å². The van der Waals surface area contributed by atoms with Gasteiger partial charge < -0.3 is 23.7 Å². The first-order valence-corrected chi connectivity index (χ1v) is 8.61. The standard InChI is InChI=1S/C19H22O9/c1-11(20)25-15(10-24-9-14-7-5-4-6-8-14)16-17(26-12(2)21)18(19(23)28-16)27-13(3)22/h4-8,15-18H,9-10H2,1-3H3/t15-,16+,17+,18-/m0/s1. The minimum Gasteiger partial charge on any atom is -0.456 e. The van der Waals surface area contributed by atoms with Gasteiger partial charge in [0.25, 0.3) is 0 Å². The van der Waals surface area contributed by atoms with Crippen LogP contribution >= 0.6 is 0 Å². The Hall–Kier alpha value is -2.94. The van der Waals surface area contributed by atoms with E-state index in [1.54, 1.807) is 0 Å². The van der Waals surface area contributed by atoms with Crippen LogP contribution in [0.25, 0.3) is 0 Å². The van der Waals surface area contributed by atoms with Crippen LogP contribution in [0.1, 0.15) is 26.3 Å². The Labute approximate surface area is 161 Å². The summed E-state index contributed by atoms with van der Waals surface area (Å²) in [7, 11) is 0. The van der Waals surface area contributed by atoms with Crippen molar-refractivity contribution in [3.63, 3.8) is 0 Å². The summed E-state index contributed by atoms with van der Waals surface area (Å²) in [4.78, 5) is 46.4. The van der Waals surface area contributed by atoms with Crippen LogP contribution in [-0.4, -0.2) is 54.9 Å². The second-order valence-corrected chi connectivity index (χ2v) is 6.15. The van der Waals surface area contributed by atoms with Crippen LogP contribution in [0.5, 0.6) is 0 Å². The molecule has 0 amide bonds. The molecule has 28 heavy (non-hydrogen) atoms. The van der Waals surface area contributed by atoms with Crippen molar-refractivity contribution in [3.05, 3.63) is 35.9 Å². The number of hydrogen-bond acceptors (Lipinski definition) is 9. The summed E-state index contributed by atoms with van der Waals surface area (Å²) in [5.74, 6) is -2.99. The molecule has 1 aliphatic rings. The molecule has 0 aliphatic carbocycles. The summed E-state index contributed by atoms with van der Waals surface area (Å²) >= 11 is 0. The van der Waals surface area contributed by atoms with Crippen molar-refractivity contribution in [2.75, 3.05) is 6.61 Å². The number of cyclic esters (lactones) is 1. The van der Waals surface area contributed by atoms with Crippen LogP contribution < -0.4 is 0 Å². The molecule has 9 heteroatoms. The Morgan fingerprint density at radius 1 is 1.00 bits per heavy atom. The Bertz CT molecular complexity index is 715. The Morgan fingerprint density at radius 3 is 2.21 bits per heavy atom. The van der Waals surface area contributed by atoms with E-state index in [0.29, 0.717) is 0 Å². The van der Waals surface area contributed by atoms with E-state index >= 15 is 0 Å². The molecular weight excluding hydrogens is 372 g/mol. The minimum absolute atomic E-state index is 0.128. The number of carbonyl (C=O) groups excluding carboxylic acids is 4. The highest BCUT2D eigenvalue weighted by Crippen LogP contribution is 2.27. The lowest BCUT2D eigenvalue weighted by molar-refractivity contribution is -0.174. The quantitative estimate of drug-likeness (QED) is 0.469. The van der Waals surface area contributed by atoms with Crippen molar-refractivity contribution in [2.24, 2.45) is 0 Å². The number of ether oxygens (including phenoxy) is 5. The van der Waals surface area contributed by atoms with Gasteiger partial charge in [-0.15, -0.1) is 0 Å². The molecule has 1 fully saturated rings. The third-order valence-corrected chi connectivity index (χ3v) is 3.78. The molecule has 1 aromatic carbocycles. The molecule has 152 valence electrons. The third kappa shape index (κ3) is 6.05. The molecule has 0 radical (unpaired) electrons. The van der Waals surface area contributed by atoms with Gasteiger partial charge in [0.15, 0.2) is 18.3 Å². The van der Waals surface area contributed by atoms with Gasteiger partial charge in [-0.05, 0) is 5.56 Å². The largest absolute Gasteiger partial charge is 0.456 e. The predicted molar refractivity (Wildman–Crippen MR) is 92.6 cm³/mol. The van der Waals surface area contributed by atoms with E-state index in [1.807, 2.05) is 30.3 Å². The van der Waals surface area contributed by atoms with Crippen LogP contribution in [0.2, 0.25) is 0 Å². The highest BCUT2D eigenvalue weighted by Gasteiger charge is 2.53. The average molecular weight is 394 g/mol. The molecule has 1 saturated heterocycles. The van der Waals surface area contributed by atoms with Gasteiger partial charge in [0.1, 0.15) is 0 Å². The van der Waals surface area contributed by atoms with Crippen LogP contribution in [0.15, 0.2) is 30.3 Å². The van der Waals surface area contributed by atoms with E-state index in [1.165, 1.54) is 6.92 Å². The van der Waals surface area contributed by atoms with Gasteiger partial charge in [0.05, 0.1) is 13.2 Å². The molecule has 9 nitrogen and oxygen atoms in total. The van der Waals surface area contributed by atoms with Gasteiger partial charge in [0, 0.05) is 20.8 Å². The van der Waals surface area contributed by atoms with Gasteiger partial charge >= 0.3 is 23.9 Å². The average Bonchev–Trinajstić information content (AvgIpc) is 2.90. The van der Waals surface area contributed by atoms with E-state index in [2.05, 4.69) is 0 Å². The van der Waals surface area contributed by atoms with Gasteiger partial charge in [-0.1, -0.05) is 30.3 Å². The molecule has 0 unspecified atom stereocenters. The summed E-state index contributed by atoms with van der Waals surface area (Å²) in [6.07, 6.45) is -4.95. The number of esters is 4. The van der Waals surface area contributed by atoms with Crippen molar-refractivity contribution >= 4 is 23.9 Å². The second-order valence-electron chi connectivity index (χ2n) is 6.15. The molecule has 0 aromatic heterocycles. The lowest BCUT2D eigenvalue weighted by Gasteiger charge is -2.26. The molecule has 2 rings (SSSR count). The zero-order valence-corrected chi connectivity index (χ0v) is 15.8. The first kappa shape index (κ1) is 21.4.